The molecule has 0 saturated heterocycles. The second-order valence-corrected chi connectivity index (χ2v) is 4.41. The van der Waals surface area contributed by atoms with E-state index in [1.807, 2.05) is 0 Å². The van der Waals surface area contributed by atoms with Gasteiger partial charge >= 0.3 is 11.9 Å². The lowest BCUT2D eigenvalue weighted by molar-refractivity contribution is -0.151. The molecule has 0 heterocycles. The molecule has 1 aliphatic rings. The van der Waals surface area contributed by atoms with Gasteiger partial charge in [-0.15, -0.1) is 0 Å². The Kier molecular flexibility index (Phi) is 2.41. The van der Waals surface area contributed by atoms with Gasteiger partial charge in [0.05, 0.1) is 0 Å². The number of aliphatic carboxylic acids is 2. The molecule has 5 heteroatoms. The Morgan fingerprint density at radius 3 is 2.00 bits per heavy atom. The van der Waals surface area contributed by atoms with Crippen LogP contribution in [0.4, 0.5) is 0 Å². The van der Waals surface area contributed by atoms with Gasteiger partial charge in [0.15, 0.2) is 0 Å². The summed E-state index contributed by atoms with van der Waals surface area (Å²) in [6, 6.07) is 0. The van der Waals surface area contributed by atoms with Gasteiger partial charge in [0.2, 0.25) is 4.32 Å². The maximum absolute atomic E-state index is 10.6. The van der Waals surface area contributed by atoms with Crippen LogP contribution in [0.1, 0.15) is 19.3 Å². The van der Waals surface area contributed by atoms with Crippen LogP contribution in [0.5, 0.6) is 0 Å². The summed E-state index contributed by atoms with van der Waals surface area (Å²) in [5.74, 6) is -2.37. The van der Waals surface area contributed by atoms with Gasteiger partial charge in [-0.3, -0.25) is 9.59 Å². The van der Waals surface area contributed by atoms with Crippen LogP contribution < -0.4 is 0 Å². The Morgan fingerprint density at radius 1 is 1.33 bits per heavy atom. The molecule has 0 radical (unpaired) electrons. The van der Waals surface area contributed by atoms with Gasteiger partial charge in [-0.2, -0.15) is 0 Å². The molecule has 1 saturated carbocycles. The molecule has 1 aliphatic carbocycles. The summed E-state index contributed by atoms with van der Waals surface area (Å²) in [6.07, 6.45) is 2.06. The number of carboxylic acid groups (broad SMARTS) is 2. The molecule has 1 rings (SSSR count). The maximum atomic E-state index is 10.6. The second-order valence-electron chi connectivity index (χ2n) is 3.06. The predicted octanol–water partition coefficient (Wildman–Crippen LogP) is 1.09. The molecule has 68 valence electrons. The molecule has 0 atom stereocenters. The van der Waals surface area contributed by atoms with E-state index >= 15 is 0 Å². The van der Waals surface area contributed by atoms with E-state index in [4.69, 9.17) is 10.2 Å². The second kappa shape index (κ2) is 3.05. The van der Waals surface area contributed by atoms with Gasteiger partial charge in [-0.05, 0) is 12.3 Å². The molecule has 4 nitrogen and oxygen atoms in total. The summed E-state index contributed by atoms with van der Waals surface area (Å²) < 4.78 is -1.77. The van der Waals surface area contributed by atoms with Crippen molar-refractivity contribution in [2.24, 2.45) is 5.92 Å². The van der Waals surface area contributed by atoms with Crippen molar-refractivity contribution in [3.63, 3.8) is 0 Å². The minimum Gasteiger partial charge on any atom is -0.480 e. The van der Waals surface area contributed by atoms with Crippen LogP contribution in [0.15, 0.2) is 0 Å². The van der Waals surface area contributed by atoms with E-state index < -0.39 is 16.3 Å². The quantitative estimate of drug-likeness (QED) is 0.566. The minimum atomic E-state index is -1.77. The van der Waals surface area contributed by atoms with Crippen LogP contribution in [0.3, 0.4) is 0 Å². The van der Waals surface area contributed by atoms with Crippen molar-refractivity contribution >= 4 is 27.9 Å². The number of rotatable bonds is 4. The predicted molar refractivity (Wildman–Crippen MR) is 44.3 cm³/mol. The van der Waals surface area contributed by atoms with Crippen molar-refractivity contribution in [3.8, 4) is 0 Å². The van der Waals surface area contributed by atoms with Crippen molar-refractivity contribution < 1.29 is 19.8 Å². The number of carboxylic acids is 2. The Balaban J connectivity index is 2.69. The third kappa shape index (κ3) is 1.77. The summed E-state index contributed by atoms with van der Waals surface area (Å²) in [5.41, 5.74) is 0. The highest BCUT2D eigenvalue weighted by atomic mass is 79.9. The molecule has 0 aromatic heterocycles. The van der Waals surface area contributed by atoms with Gasteiger partial charge in [0, 0.05) is 0 Å². The highest BCUT2D eigenvalue weighted by Crippen LogP contribution is 2.40. The standard InChI is InChI=1S/C7H9BrO4/c8-7(5(9)10,6(11)12)3-4-1-2-4/h4H,1-3H2,(H,9,10)(H,11,12). The molecule has 1 fully saturated rings. The van der Waals surface area contributed by atoms with Gasteiger partial charge in [0.25, 0.3) is 0 Å². The minimum absolute atomic E-state index is 0.178. The molecule has 0 bridgehead atoms. The zero-order valence-corrected chi connectivity index (χ0v) is 7.87. The molecular formula is C7H9BrO4. The Labute approximate surface area is 77.7 Å². The lowest BCUT2D eigenvalue weighted by Crippen LogP contribution is -2.40. The summed E-state index contributed by atoms with van der Waals surface area (Å²) >= 11 is 2.76. The molecular weight excluding hydrogens is 228 g/mol. The van der Waals surface area contributed by atoms with Crippen molar-refractivity contribution in [3.05, 3.63) is 0 Å². The number of halogens is 1. The molecule has 0 amide bonds. The van der Waals surface area contributed by atoms with E-state index in [0.717, 1.165) is 12.8 Å². The normalized spacial score (nSPS) is 17.4. The first-order valence-electron chi connectivity index (χ1n) is 3.62. The van der Waals surface area contributed by atoms with Crippen LogP contribution in [-0.2, 0) is 9.59 Å². The van der Waals surface area contributed by atoms with E-state index in [9.17, 15) is 9.59 Å². The van der Waals surface area contributed by atoms with E-state index in [2.05, 4.69) is 15.9 Å². The van der Waals surface area contributed by atoms with Crippen LogP contribution in [0, 0.1) is 5.92 Å². The van der Waals surface area contributed by atoms with E-state index in [1.54, 1.807) is 0 Å². The SMILES string of the molecule is O=C(O)C(Br)(CC1CC1)C(=O)O. The van der Waals surface area contributed by atoms with Crippen LogP contribution in [0.2, 0.25) is 0 Å². The van der Waals surface area contributed by atoms with E-state index in [-0.39, 0.29) is 12.3 Å². The van der Waals surface area contributed by atoms with E-state index in [0.29, 0.717) is 0 Å². The first-order valence-corrected chi connectivity index (χ1v) is 4.42. The summed E-state index contributed by atoms with van der Waals surface area (Å²) in [7, 11) is 0. The third-order valence-electron chi connectivity index (χ3n) is 1.94. The zero-order valence-electron chi connectivity index (χ0n) is 6.29. The fourth-order valence-electron chi connectivity index (χ4n) is 0.986. The summed E-state index contributed by atoms with van der Waals surface area (Å²) in [5, 5.41) is 17.3. The molecule has 0 unspecified atom stereocenters. The van der Waals surface area contributed by atoms with Crippen molar-refractivity contribution in [1.82, 2.24) is 0 Å². The zero-order chi connectivity index (χ0) is 9.35. The monoisotopic (exact) mass is 236 g/mol. The molecule has 0 spiro atoms. The maximum Gasteiger partial charge on any atom is 0.332 e. The highest BCUT2D eigenvalue weighted by Gasteiger charge is 2.47. The number of carbonyl (C=O) groups is 2. The van der Waals surface area contributed by atoms with Crippen molar-refractivity contribution in [1.29, 1.82) is 0 Å². The smallest absolute Gasteiger partial charge is 0.332 e. The lowest BCUT2D eigenvalue weighted by Gasteiger charge is -2.16. The van der Waals surface area contributed by atoms with Crippen molar-refractivity contribution in [2.45, 2.75) is 23.6 Å². The van der Waals surface area contributed by atoms with Crippen LogP contribution >= 0.6 is 15.9 Å². The Bertz CT molecular complexity index is 207. The summed E-state index contributed by atoms with van der Waals surface area (Å²) in [6.45, 7) is 0. The molecule has 0 aromatic rings. The molecule has 0 aliphatic heterocycles. The van der Waals surface area contributed by atoms with Crippen molar-refractivity contribution in [2.75, 3.05) is 0 Å². The topological polar surface area (TPSA) is 74.6 Å². The molecule has 12 heavy (non-hydrogen) atoms. The Hall–Kier alpha value is -0.580. The fourth-order valence-corrected chi connectivity index (χ4v) is 1.44. The van der Waals surface area contributed by atoms with Gasteiger partial charge in [-0.1, -0.05) is 28.8 Å². The average molecular weight is 237 g/mol. The first kappa shape index (κ1) is 9.51. The fraction of sp³-hybridized carbons (Fsp3) is 0.714. The Morgan fingerprint density at radius 2 is 1.75 bits per heavy atom. The van der Waals surface area contributed by atoms with Gasteiger partial charge < -0.3 is 10.2 Å². The van der Waals surface area contributed by atoms with E-state index in [1.165, 1.54) is 0 Å². The number of hydrogen-bond donors (Lipinski definition) is 2. The van der Waals surface area contributed by atoms with Crippen LogP contribution in [0.25, 0.3) is 0 Å². The van der Waals surface area contributed by atoms with Gasteiger partial charge in [0.1, 0.15) is 0 Å². The molecule has 2 N–H and O–H groups in total. The average Bonchev–Trinajstić information content (AvgIpc) is 2.70. The summed E-state index contributed by atoms with van der Waals surface area (Å²) in [4.78, 5) is 21.2. The van der Waals surface area contributed by atoms with Gasteiger partial charge in [-0.25, -0.2) is 0 Å². The number of hydrogen-bond acceptors (Lipinski definition) is 2. The number of alkyl halides is 1. The van der Waals surface area contributed by atoms with Crippen LogP contribution in [-0.4, -0.2) is 26.5 Å². The molecule has 0 aromatic carbocycles. The largest absolute Gasteiger partial charge is 0.480 e. The first-order chi connectivity index (χ1) is 5.47. The lowest BCUT2D eigenvalue weighted by atomic mass is 10.0. The highest BCUT2D eigenvalue weighted by molar-refractivity contribution is 9.10. The third-order valence-corrected chi connectivity index (χ3v) is 2.95.